The van der Waals surface area contributed by atoms with Crippen LogP contribution in [0.5, 0.6) is 0 Å². The summed E-state index contributed by atoms with van der Waals surface area (Å²) in [4.78, 5) is 11.9. The van der Waals surface area contributed by atoms with Crippen LogP contribution < -0.4 is 5.32 Å². The van der Waals surface area contributed by atoms with Crippen molar-refractivity contribution in [3.8, 4) is 6.07 Å². The second-order valence-electron chi connectivity index (χ2n) is 5.02. The van der Waals surface area contributed by atoms with Crippen LogP contribution in [0.15, 0.2) is 0 Å². The topological polar surface area (TPSA) is 52.9 Å². The third-order valence-corrected chi connectivity index (χ3v) is 3.32. The summed E-state index contributed by atoms with van der Waals surface area (Å²) in [5.74, 6) is -0.134. The molecule has 0 spiro atoms. The molecule has 3 nitrogen and oxygen atoms in total. The van der Waals surface area contributed by atoms with Gasteiger partial charge in [-0.3, -0.25) is 4.79 Å². The van der Waals surface area contributed by atoms with Gasteiger partial charge < -0.3 is 5.32 Å². The van der Waals surface area contributed by atoms with E-state index in [0.29, 0.717) is 6.42 Å². The minimum Gasteiger partial charge on any atom is -0.352 e. The molecule has 17 heavy (non-hydrogen) atoms. The highest BCUT2D eigenvalue weighted by Gasteiger charge is 2.31. The molecule has 0 bridgehead atoms. The normalized spacial score (nSPS) is 15.7. The van der Waals surface area contributed by atoms with E-state index in [1.807, 2.05) is 13.8 Å². The first-order valence-corrected chi connectivity index (χ1v) is 6.72. The SMILES string of the molecule is CCCCCCC(C)NC(=O)C(C)(C#N)CC. The first-order valence-electron chi connectivity index (χ1n) is 6.72. The number of carbonyl (C=O) groups is 1. The van der Waals surface area contributed by atoms with Gasteiger partial charge in [0.15, 0.2) is 0 Å². The monoisotopic (exact) mass is 238 g/mol. The highest BCUT2D eigenvalue weighted by Crippen LogP contribution is 2.20. The van der Waals surface area contributed by atoms with Gasteiger partial charge in [-0.25, -0.2) is 0 Å². The van der Waals surface area contributed by atoms with Crippen molar-refractivity contribution < 1.29 is 4.79 Å². The van der Waals surface area contributed by atoms with Crippen molar-refractivity contribution >= 4 is 5.91 Å². The number of nitriles is 1. The highest BCUT2D eigenvalue weighted by molar-refractivity contribution is 5.85. The van der Waals surface area contributed by atoms with Gasteiger partial charge in [0.25, 0.3) is 0 Å². The van der Waals surface area contributed by atoms with Crippen molar-refractivity contribution in [3.63, 3.8) is 0 Å². The standard InChI is InChI=1S/C14H26N2O/c1-5-7-8-9-10-12(3)16-13(17)14(4,6-2)11-15/h12H,5-10H2,1-4H3,(H,16,17). The molecule has 0 aliphatic carbocycles. The van der Waals surface area contributed by atoms with E-state index in [4.69, 9.17) is 5.26 Å². The summed E-state index contributed by atoms with van der Waals surface area (Å²) in [6, 6.07) is 2.26. The van der Waals surface area contributed by atoms with Crippen LogP contribution in [0, 0.1) is 16.7 Å². The van der Waals surface area contributed by atoms with Gasteiger partial charge in [0.1, 0.15) is 5.41 Å². The largest absolute Gasteiger partial charge is 0.352 e. The quantitative estimate of drug-likeness (QED) is 0.659. The second kappa shape index (κ2) is 8.11. The summed E-state index contributed by atoms with van der Waals surface area (Å²) in [7, 11) is 0. The van der Waals surface area contributed by atoms with Crippen molar-refractivity contribution in [1.82, 2.24) is 5.32 Å². The molecule has 0 saturated heterocycles. The van der Waals surface area contributed by atoms with Gasteiger partial charge in [0.05, 0.1) is 6.07 Å². The third kappa shape index (κ3) is 5.72. The van der Waals surface area contributed by atoms with E-state index in [9.17, 15) is 4.79 Å². The lowest BCUT2D eigenvalue weighted by molar-refractivity contribution is -0.128. The molecule has 0 rings (SSSR count). The van der Waals surface area contributed by atoms with Crippen molar-refractivity contribution in [2.75, 3.05) is 0 Å². The average Bonchev–Trinajstić information content (AvgIpc) is 2.33. The Balaban J connectivity index is 4.00. The summed E-state index contributed by atoms with van der Waals surface area (Å²) < 4.78 is 0. The van der Waals surface area contributed by atoms with E-state index in [-0.39, 0.29) is 11.9 Å². The van der Waals surface area contributed by atoms with Crippen LogP contribution in [-0.4, -0.2) is 11.9 Å². The zero-order valence-electron chi connectivity index (χ0n) is 11.7. The maximum atomic E-state index is 11.9. The van der Waals surface area contributed by atoms with Crippen molar-refractivity contribution in [2.24, 2.45) is 5.41 Å². The molecule has 0 aromatic heterocycles. The fraction of sp³-hybridized carbons (Fsp3) is 0.857. The number of nitrogens with zero attached hydrogens (tertiary/aromatic N) is 1. The molecule has 0 saturated carbocycles. The van der Waals surface area contributed by atoms with E-state index in [1.54, 1.807) is 6.92 Å². The molecule has 0 aliphatic heterocycles. The molecule has 1 amide bonds. The minimum atomic E-state index is -0.877. The van der Waals surface area contributed by atoms with Crippen LogP contribution in [0.3, 0.4) is 0 Å². The lowest BCUT2D eigenvalue weighted by atomic mass is 9.88. The maximum Gasteiger partial charge on any atom is 0.240 e. The van der Waals surface area contributed by atoms with E-state index in [2.05, 4.69) is 18.3 Å². The predicted molar refractivity (Wildman–Crippen MR) is 70.4 cm³/mol. The lowest BCUT2D eigenvalue weighted by Gasteiger charge is -2.22. The van der Waals surface area contributed by atoms with E-state index in [0.717, 1.165) is 12.8 Å². The van der Waals surface area contributed by atoms with Crippen molar-refractivity contribution in [3.05, 3.63) is 0 Å². The number of carbonyl (C=O) groups excluding carboxylic acids is 1. The first kappa shape index (κ1) is 16.0. The van der Waals surface area contributed by atoms with Crippen molar-refractivity contribution in [2.45, 2.75) is 72.3 Å². The molecule has 1 N–H and O–H groups in total. The number of nitrogens with one attached hydrogen (secondary N) is 1. The molecule has 2 unspecified atom stereocenters. The van der Waals surface area contributed by atoms with Crippen LogP contribution in [0.4, 0.5) is 0 Å². The van der Waals surface area contributed by atoms with Crippen molar-refractivity contribution in [1.29, 1.82) is 5.26 Å². The van der Waals surface area contributed by atoms with Gasteiger partial charge in [0.2, 0.25) is 5.91 Å². The Labute approximate surface area is 106 Å². The molecule has 0 radical (unpaired) electrons. The van der Waals surface area contributed by atoms with E-state index < -0.39 is 5.41 Å². The molecule has 0 fully saturated rings. The second-order valence-corrected chi connectivity index (χ2v) is 5.02. The van der Waals surface area contributed by atoms with Crippen LogP contribution in [-0.2, 0) is 4.79 Å². The van der Waals surface area contributed by atoms with Crippen LogP contribution in [0.2, 0.25) is 0 Å². The smallest absolute Gasteiger partial charge is 0.240 e. The molecule has 0 heterocycles. The Bertz CT molecular complexity index is 270. The molecule has 0 aliphatic rings. The zero-order chi connectivity index (χ0) is 13.3. The number of unbranched alkanes of at least 4 members (excludes halogenated alkanes) is 3. The Morgan fingerprint density at radius 1 is 1.35 bits per heavy atom. The fourth-order valence-corrected chi connectivity index (χ4v) is 1.62. The summed E-state index contributed by atoms with van der Waals surface area (Å²) in [5.41, 5.74) is -0.877. The molecule has 98 valence electrons. The number of hydrogen-bond donors (Lipinski definition) is 1. The first-order chi connectivity index (χ1) is 8.00. The molecule has 3 heteroatoms. The average molecular weight is 238 g/mol. The van der Waals surface area contributed by atoms with Gasteiger partial charge in [-0.15, -0.1) is 0 Å². The van der Waals surface area contributed by atoms with Crippen LogP contribution in [0.25, 0.3) is 0 Å². The summed E-state index contributed by atoms with van der Waals surface area (Å²) in [6.07, 6.45) is 6.40. The lowest BCUT2D eigenvalue weighted by Crippen LogP contribution is -2.42. The van der Waals surface area contributed by atoms with E-state index >= 15 is 0 Å². The molecular weight excluding hydrogens is 212 g/mol. The van der Waals surface area contributed by atoms with E-state index in [1.165, 1.54) is 19.3 Å². The van der Waals surface area contributed by atoms with Gasteiger partial charge >= 0.3 is 0 Å². The molecule has 0 aromatic rings. The summed E-state index contributed by atoms with van der Waals surface area (Å²) in [5, 5.41) is 11.9. The molecule has 2 atom stereocenters. The van der Waals surface area contributed by atoms with Gasteiger partial charge in [-0.05, 0) is 26.7 Å². The Kier molecular flexibility index (Phi) is 7.61. The Hall–Kier alpha value is -1.04. The number of rotatable bonds is 8. The third-order valence-electron chi connectivity index (χ3n) is 3.32. The summed E-state index contributed by atoms with van der Waals surface area (Å²) >= 11 is 0. The van der Waals surface area contributed by atoms with Gasteiger partial charge in [0, 0.05) is 6.04 Å². The van der Waals surface area contributed by atoms with Gasteiger partial charge in [-0.2, -0.15) is 5.26 Å². The maximum absolute atomic E-state index is 11.9. The Morgan fingerprint density at radius 3 is 2.47 bits per heavy atom. The number of hydrogen-bond acceptors (Lipinski definition) is 2. The van der Waals surface area contributed by atoms with Gasteiger partial charge in [-0.1, -0.05) is 39.5 Å². The fourth-order valence-electron chi connectivity index (χ4n) is 1.62. The zero-order valence-corrected chi connectivity index (χ0v) is 11.7. The van der Waals surface area contributed by atoms with Crippen LogP contribution in [0.1, 0.15) is 66.2 Å². The molecular formula is C14H26N2O. The Morgan fingerprint density at radius 2 is 2.00 bits per heavy atom. The highest BCUT2D eigenvalue weighted by atomic mass is 16.2. The predicted octanol–water partition coefficient (Wildman–Crippen LogP) is 3.40. The molecule has 0 aromatic carbocycles. The minimum absolute atomic E-state index is 0.134. The van der Waals surface area contributed by atoms with Crippen LogP contribution >= 0.6 is 0 Å². The number of amides is 1. The summed E-state index contributed by atoms with van der Waals surface area (Å²) in [6.45, 7) is 7.77.